The summed E-state index contributed by atoms with van der Waals surface area (Å²) in [5, 5.41) is 2.88. The van der Waals surface area contributed by atoms with Gasteiger partial charge in [-0.1, -0.05) is 12.1 Å². The Bertz CT molecular complexity index is 973. The van der Waals surface area contributed by atoms with Gasteiger partial charge in [0.05, 0.1) is 24.7 Å². The molecule has 1 atom stereocenters. The van der Waals surface area contributed by atoms with Gasteiger partial charge in [-0.25, -0.2) is 8.42 Å². The molecule has 3 rings (SSSR count). The van der Waals surface area contributed by atoms with Crippen LogP contribution in [0.1, 0.15) is 24.9 Å². The van der Waals surface area contributed by atoms with E-state index < -0.39 is 9.84 Å². The summed E-state index contributed by atoms with van der Waals surface area (Å²) in [6, 6.07) is 12.0. The summed E-state index contributed by atoms with van der Waals surface area (Å²) >= 11 is 0. The molecule has 8 heteroatoms. The van der Waals surface area contributed by atoms with Gasteiger partial charge in [0, 0.05) is 30.5 Å². The van der Waals surface area contributed by atoms with Crippen LogP contribution in [0, 0.1) is 0 Å². The summed E-state index contributed by atoms with van der Waals surface area (Å²) < 4.78 is 34.4. The smallest absolute Gasteiger partial charge is 0.238 e. The average molecular weight is 419 g/mol. The molecule has 0 saturated carbocycles. The number of hydrogen-bond acceptors (Lipinski definition) is 6. The molecule has 1 amide bonds. The molecule has 1 heterocycles. The molecule has 1 aliphatic rings. The lowest BCUT2D eigenvalue weighted by atomic mass is 10.1. The molecule has 0 spiro atoms. The lowest BCUT2D eigenvalue weighted by Crippen LogP contribution is -2.32. The predicted octanol–water partition coefficient (Wildman–Crippen LogP) is 2.88. The minimum absolute atomic E-state index is 0.0573. The lowest BCUT2D eigenvalue weighted by molar-refractivity contribution is -0.117. The minimum Gasteiger partial charge on any atom is -0.490 e. The second kappa shape index (κ2) is 8.84. The molecule has 1 unspecified atom stereocenters. The van der Waals surface area contributed by atoms with Gasteiger partial charge in [-0.3, -0.25) is 9.69 Å². The molecule has 0 radical (unpaired) electrons. The Morgan fingerprint density at radius 2 is 1.76 bits per heavy atom. The van der Waals surface area contributed by atoms with Crippen molar-refractivity contribution in [3.05, 3.63) is 48.0 Å². The number of benzene rings is 2. The molecule has 0 aromatic heterocycles. The first-order valence-electron chi connectivity index (χ1n) is 9.44. The van der Waals surface area contributed by atoms with Gasteiger partial charge in [-0.15, -0.1) is 0 Å². The fourth-order valence-corrected chi connectivity index (χ4v) is 3.68. The van der Waals surface area contributed by atoms with Gasteiger partial charge < -0.3 is 14.8 Å². The highest BCUT2D eigenvalue weighted by atomic mass is 32.2. The Morgan fingerprint density at radius 3 is 2.41 bits per heavy atom. The van der Waals surface area contributed by atoms with E-state index >= 15 is 0 Å². The van der Waals surface area contributed by atoms with Gasteiger partial charge in [0.15, 0.2) is 21.3 Å². The van der Waals surface area contributed by atoms with Crippen LogP contribution in [0.25, 0.3) is 0 Å². The van der Waals surface area contributed by atoms with Crippen LogP contribution in [0.4, 0.5) is 5.69 Å². The second-order valence-electron chi connectivity index (χ2n) is 7.19. The molecule has 0 aliphatic carbocycles. The third kappa shape index (κ3) is 5.48. The number of nitrogens with zero attached hydrogens (tertiary/aromatic N) is 1. The van der Waals surface area contributed by atoms with Crippen LogP contribution in [0.2, 0.25) is 0 Å². The molecular weight excluding hydrogens is 392 g/mol. The third-order valence-corrected chi connectivity index (χ3v) is 6.00. The maximum absolute atomic E-state index is 12.5. The normalized spacial score (nSPS) is 14.9. The first kappa shape index (κ1) is 21.1. The number of amides is 1. The maximum atomic E-state index is 12.5. The summed E-state index contributed by atoms with van der Waals surface area (Å²) in [6.07, 6.45) is 2.01. The molecule has 7 nitrogen and oxygen atoms in total. The number of rotatable bonds is 6. The summed E-state index contributed by atoms with van der Waals surface area (Å²) in [5.41, 5.74) is 1.58. The Labute approximate surface area is 171 Å². The van der Waals surface area contributed by atoms with Crippen LogP contribution < -0.4 is 14.8 Å². The fraction of sp³-hybridized carbons (Fsp3) is 0.381. The van der Waals surface area contributed by atoms with Gasteiger partial charge in [0.25, 0.3) is 0 Å². The molecule has 156 valence electrons. The highest BCUT2D eigenvalue weighted by Crippen LogP contribution is 2.32. The summed E-state index contributed by atoms with van der Waals surface area (Å²) in [4.78, 5) is 14.7. The van der Waals surface area contributed by atoms with E-state index in [1.165, 1.54) is 6.26 Å². The van der Waals surface area contributed by atoms with E-state index in [-0.39, 0.29) is 23.4 Å². The van der Waals surface area contributed by atoms with Crippen LogP contribution in [0.15, 0.2) is 47.4 Å². The van der Waals surface area contributed by atoms with Crippen molar-refractivity contribution in [2.75, 3.05) is 38.4 Å². The Kier molecular flexibility index (Phi) is 6.44. The van der Waals surface area contributed by atoms with Gasteiger partial charge in [0.1, 0.15) is 0 Å². The number of nitrogens with one attached hydrogen (secondary N) is 1. The number of ether oxygens (including phenoxy) is 2. The van der Waals surface area contributed by atoms with Crippen molar-refractivity contribution in [1.82, 2.24) is 4.90 Å². The van der Waals surface area contributed by atoms with Gasteiger partial charge in [-0.2, -0.15) is 0 Å². The number of sulfone groups is 1. The van der Waals surface area contributed by atoms with Crippen molar-refractivity contribution in [2.45, 2.75) is 24.3 Å². The molecule has 1 aliphatic heterocycles. The molecule has 0 saturated heterocycles. The van der Waals surface area contributed by atoms with Crippen LogP contribution >= 0.6 is 0 Å². The van der Waals surface area contributed by atoms with Crippen molar-refractivity contribution in [3.63, 3.8) is 0 Å². The summed E-state index contributed by atoms with van der Waals surface area (Å²) in [5.74, 6) is 1.17. The van der Waals surface area contributed by atoms with Gasteiger partial charge >= 0.3 is 0 Å². The Hall–Kier alpha value is -2.58. The fourth-order valence-electron chi connectivity index (χ4n) is 3.05. The van der Waals surface area contributed by atoms with Crippen LogP contribution in [0.3, 0.4) is 0 Å². The number of carbonyl (C=O) groups is 1. The molecule has 2 aromatic carbocycles. The van der Waals surface area contributed by atoms with E-state index in [0.717, 1.165) is 12.0 Å². The van der Waals surface area contributed by atoms with Crippen molar-refractivity contribution in [2.24, 2.45) is 0 Å². The first-order valence-corrected chi connectivity index (χ1v) is 11.3. The molecule has 2 aromatic rings. The average Bonchev–Trinajstić information content (AvgIpc) is 2.91. The van der Waals surface area contributed by atoms with Crippen LogP contribution in [0.5, 0.6) is 11.5 Å². The monoisotopic (exact) mass is 418 g/mol. The highest BCUT2D eigenvalue weighted by molar-refractivity contribution is 7.90. The second-order valence-corrected chi connectivity index (χ2v) is 9.21. The van der Waals surface area contributed by atoms with Crippen molar-refractivity contribution >= 4 is 21.4 Å². The number of carbonyl (C=O) groups excluding carboxylic acids is 1. The van der Waals surface area contributed by atoms with Crippen molar-refractivity contribution in [1.29, 1.82) is 0 Å². The minimum atomic E-state index is -3.22. The molecule has 0 bridgehead atoms. The predicted molar refractivity (Wildman–Crippen MR) is 111 cm³/mol. The molecule has 29 heavy (non-hydrogen) atoms. The van der Waals surface area contributed by atoms with Crippen LogP contribution in [-0.2, 0) is 14.6 Å². The zero-order valence-electron chi connectivity index (χ0n) is 16.8. The first-order chi connectivity index (χ1) is 13.7. The van der Waals surface area contributed by atoms with E-state index in [1.807, 2.05) is 18.9 Å². The number of fused-ring (bicyclic) bond motifs is 1. The highest BCUT2D eigenvalue weighted by Gasteiger charge is 2.17. The molecular formula is C21H26N2O5S. The Balaban J connectivity index is 1.60. The SMILES string of the molecule is CC(c1ccc(S(C)(=O)=O)cc1)N(C)CC(=O)Nc1ccc2c(c1)OCCCO2. The topological polar surface area (TPSA) is 84.9 Å². The Morgan fingerprint density at radius 1 is 1.10 bits per heavy atom. The lowest BCUT2D eigenvalue weighted by Gasteiger charge is -2.24. The number of anilines is 1. The number of hydrogen-bond donors (Lipinski definition) is 1. The van der Waals surface area contributed by atoms with Crippen LogP contribution in [-0.4, -0.2) is 52.3 Å². The third-order valence-electron chi connectivity index (χ3n) is 4.88. The van der Waals surface area contributed by atoms with E-state index in [0.29, 0.717) is 30.4 Å². The molecule has 0 fully saturated rings. The quantitative estimate of drug-likeness (QED) is 0.777. The van der Waals surface area contributed by atoms with E-state index in [4.69, 9.17) is 9.47 Å². The maximum Gasteiger partial charge on any atom is 0.238 e. The largest absolute Gasteiger partial charge is 0.490 e. The van der Waals surface area contributed by atoms with E-state index in [1.54, 1.807) is 42.5 Å². The summed E-state index contributed by atoms with van der Waals surface area (Å²) in [7, 11) is -1.38. The standard InChI is InChI=1S/C21H26N2O5S/c1-15(16-5-8-18(9-6-16)29(3,25)26)23(2)14-21(24)22-17-7-10-19-20(13-17)28-12-4-11-27-19/h5-10,13,15H,4,11-12,14H2,1-3H3,(H,22,24). The van der Waals surface area contributed by atoms with Gasteiger partial charge in [-0.05, 0) is 43.8 Å². The molecule has 1 N–H and O–H groups in total. The number of likely N-dealkylation sites (N-methyl/N-ethyl adjacent to an activating group) is 1. The van der Waals surface area contributed by atoms with Gasteiger partial charge in [0.2, 0.25) is 5.91 Å². The van der Waals surface area contributed by atoms with Crippen molar-refractivity contribution < 1.29 is 22.7 Å². The summed E-state index contributed by atoms with van der Waals surface area (Å²) in [6.45, 7) is 3.36. The zero-order chi connectivity index (χ0) is 21.0. The zero-order valence-corrected chi connectivity index (χ0v) is 17.7. The van der Waals surface area contributed by atoms with E-state index in [9.17, 15) is 13.2 Å². The van der Waals surface area contributed by atoms with Crippen molar-refractivity contribution in [3.8, 4) is 11.5 Å². The van der Waals surface area contributed by atoms with E-state index in [2.05, 4.69) is 5.32 Å².